The van der Waals surface area contributed by atoms with E-state index in [0.29, 0.717) is 12.6 Å². The molecule has 2 rings (SSSR count). The summed E-state index contributed by atoms with van der Waals surface area (Å²) >= 11 is 3.46. The predicted octanol–water partition coefficient (Wildman–Crippen LogP) is 3.61. The summed E-state index contributed by atoms with van der Waals surface area (Å²) < 4.78 is 1.10. The molecule has 6 heteroatoms. The van der Waals surface area contributed by atoms with Crippen molar-refractivity contribution in [2.75, 3.05) is 26.2 Å². The number of halogens is 2. The lowest BCUT2D eigenvalue weighted by molar-refractivity contribution is 0.267. The van der Waals surface area contributed by atoms with Crippen molar-refractivity contribution in [3.8, 4) is 0 Å². The first kappa shape index (κ1) is 20.7. The van der Waals surface area contributed by atoms with Gasteiger partial charge in [0.15, 0.2) is 5.96 Å². The Morgan fingerprint density at radius 2 is 2.00 bits per heavy atom. The van der Waals surface area contributed by atoms with Gasteiger partial charge in [-0.05, 0) is 50.6 Å². The SMILES string of the molecule is CCNC(=NCc1ccc(Br)cc1)NCC1CCCN1CC.I. The van der Waals surface area contributed by atoms with E-state index in [1.165, 1.54) is 24.9 Å². The van der Waals surface area contributed by atoms with E-state index in [1.54, 1.807) is 0 Å². The van der Waals surface area contributed by atoms with Crippen LogP contribution in [0.1, 0.15) is 32.3 Å². The van der Waals surface area contributed by atoms with Crippen molar-refractivity contribution < 1.29 is 0 Å². The minimum Gasteiger partial charge on any atom is -0.357 e. The smallest absolute Gasteiger partial charge is 0.191 e. The fourth-order valence-corrected chi connectivity index (χ4v) is 3.12. The highest BCUT2D eigenvalue weighted by molar-refractivity contribution is 14.0. The fourth-order valence-electron chi connectivity index (χ4n) is 2.86. The Bertz CT molecular complexity index is 478. The van der Waals surface area contributed by atoms with Crippen LogP contribution in [0.4, 0.5) is 0 Å². The second-order valence-corrected chi connectivity index (χ2v) is 6.54. The van der Waals surface area contributed by atoms with Gasteiger partial charge in [0, 0.05) is 23.6 Å². The molecule has 0 spiro atoms. The van der Waals surface area contributed by atoms with Gasteiger partial charge in [-0.15, -0.1) is 24.0 Å². The number of nitrogens with zero attached hydrogens (tertiary/aromatic N) is 2. The summed E-state index contributed by atoms with van der Waals surface area (Å²) in [4.78, 5) is 7.23. The summed E-state index contributed by atoms with van der Waals surface area (Å²) in [6, 6.07) is 8.97. The van der Waals surface area contributed by atoms with Crippen LogP contribution in [0.15, 0.2) is 33.7 Å². The monoisotopic (exact) mass is 494 g/mol. The summed E-state index contributed by atoms with van der Waals surface area (Å²) in [5.74, 6) is 0.911. The van der Waals surface area contributed by atoms with Gasteiger partial charge in [-0.2, -0.15) is 0 Å². The van der Waals surface area contributed by atoms with Crippen LogP contribution in [0.3, 0.4) is 0 Å². The van der Waals surface area contributed by atoms with Crippen LogP contribution in [0, 0.1) is 0 Å². The molecule has 1 aromatic rings. The van der Waals surface area contributed by atoms with E-state index in [9.17, 15) is 0 Å². The van der Waals surface area contributed by atoms with Crippen molar-refractivity contribution in [3.05, 3.63) is 34.3 Å². The lowest BCUT2D eigenvalue weighted by Crippen LogP contribution is -2.44. The first-order chi connectivity index (χ1) is 10.7. The number of hydrogen-bond donors (Lipinski definition) is 2. The van der Waals surface area contributed by atoms with Gasteiger partial charge < -0.3 is 10.6 Å². The highest BCUT2D eigenvalue weighted by Gasteiger charge is 2.22. The lowest BCUT2D eigenvalue weighted by Gasteiger charge is -2.24. The van der Waals surface area contributed by atoms with Crippen molar-refractivity contribution in [1.82, 2.24) is 15.5 Å². The summed E-state index contributed by atoms with van der Waals surface area (Å²) in [5, 5.41) is 6.83. The molecule has 2 N–H and O–H groups in total. The van der Waals surface area contributed by atoms with Crippen molar-refractivity contribution in [3.63, 3.8) is 0 Å². The third kappa shape index (κ3) is 6.97. The van der Waals surface area contributed by atoms with Gasteiger partial charge in [0.2, 0.25) is 0 Å². The molecular weight excluding hydrogens is 467 g/mol. The van der Waals surface area contributed by atoms with Crippen molar-refractivity contribution in [1.29, 1.82) is 0 Å². The zero-order valence-corrected chi connectivity index (χ0v) is 17.9. The van der Waals surface area contributed by atoms with Gasteiger partial charge in [0.1, 0.15) is 0 Å². The molecule has 0 amide bonds. The lowest BCUT2D eigenvalue weighted by atomic mass is 10.2. The molecule has 0 aliphatic carbocycles. The van der Waals surface area contributed by atoms with E-state index in [2.05, 4.69) is 74.6 Å². The van der Waals surface area contributed by atoms with E-state index in [4.69, 9.17) is 0 Å². The third-order valence-electron chi connectivity index (χ3n) is 4.09. The van der Waals surface area contributed by atoms with Crippen molar-refractivity contribution in [2.24, 2.45) is 4.99 Å². The van der Waals surface area contributed by atoms with E-state index >= 15 is 0 Å². The highest BCUT2D eigenvalue weighted by atomic mass is 127. The number of benzene rings is 1. The zero-order chi connectivity index (χ0) is 15.8. The maximum atomic E-state index is 4.69. The number of likely N-dealkylation sites (N-methyl/N-ethyl adjacent to an activating group) is 1. The zero-order valence-electron chi connectivity index (χ0n) is 14.0. The van der Waals surface area contributed by atoms with Gasteiger partial charge in [0.05, 0.1) is 6.54 Å². The fraction of sp³-hybridized carbons (Fsp3) is 0.588. The first-order valence-electron chi connectivity index (χ1n) is 8.23. The Morgan fingerprint density at radius 3 is 2.65 bits per heavy atom. The maximum Gasteiger partial charge on any atom is 0.191 e. The van der Waals surface area contributed by atoms with Crippen LogP contribution in [-0.2, 0) is 6.54 Å². The van der Waals surface area contributed by atoms with E-state index in [1.807, 2.05) is 0 Å². The predicted molar refractivity (Wildman–Crippen MR) is 113 cm³/mol. The molecule has 4 nitrogen and oxygen atoms in total. The molecule has 0 aromatic heterocycles. The molecule has 1 aromatic carbocycles. The molecular formula is C17H28BrIN4. The summed E-state index contributed by atoms with van der Waals surface area (Å²) in [6.45, 7) is 9.27. The highest BCUT2D eigenvalue weighted by Crippen LogP contribution is 2.15. The molecule has 0 saturated carbocycles. The number of likely N-dealkylation sites (tertiary alicyclic amines) is 1. The molecule has 1 saturated heterocycles. The third-order valence-corrected chi connectivity index (χ3v) is 4.62. The molecule has 0 bridgehead atoms. The average molecular weight is 495 g/mol. The van der Waals surface area contributed by atoms with Crippen molar-refractivity contribution in [2.45, 2.75) is 39.3 Å². The van der Waals surface area contributed by atoms with E-state index in [0.717, 1.165) is 30.1 Å². The molecule has 0 radical (unpaired) electrons. The summed E-state index contributed by atoms with van der Waals surface area (Å²) in [5.41, 5.74) is 1.22. The van der Waals surface area contributed by atoms with Crippen molar-refractivity contribution >= 4 is 45.9 Å². The molecule has 1 atom stereocenters. The minimum absolute atomic E-state index is 0. The molecule has 1 aliphatic rings. The van der Waals surface area contributed by atoms with Gasteiger partial charge in [-0.25, -0.2) is 4.99 Å². The second kappa shape index (κ2) is 11.3. The van der Waals surface area contributed by atoms with Crippen LogP contribution in [-0.4, -0.2) is 43.1 Å². The Kier molecular flexibility index (Phi) is 10.1. The standard InChI is InChI=1S/C17H27BrN4.HI/c1-3-19-17(20-12-14-7-9-15(18)10-8-14)21-13-16-6-5-11-22(16)4-2;/h7-10,16H,3-6,11-13H2,1-2H3,(H2,19,20,21);1H. The largest absolute Gasteiger partial charge is 0.357 e. The van der Waals surface area contributed by atoms with Gasteiger partial charge in [-0.3, -0.25) is 4.90 Å². The number of rotatable bonds is 6. The molecule has 1 unspecified atom stereocenters. The number of aliphatic imine (C=N–C) groups is 1. The number of nitrogens with one attached hydrogen (secondary N) is 2. The molecule has 1 aliphatic heterocycles. The average Bonchev–Trinajstić information content (AvgIpc) is 2.99. The molecule has 1 fully saturated rings. The molecule has 1 heterocycles. The normalized spacial score (nSPS) is 18.6. The second-order valence-electron chi connectivity index (χ2n) is 5.63. The minimum atomic E-state index is 0. The number of guanidine groups is 1. The van der Waals surface area contributed by atoms with Gasteiger partial charge >= 0.3 is 0 Å². The Balaban J connectivity index is 0.00000264. The Labute approximate surface area is 165 Å². The van der Waals surface area contributed by atoms with Crippen LogP contribution in [0.25, 0.3) is 0 Å². The van der Waals surface area contributed by atoms with Crippen LogP contribution in [0.2, 0.25) is 0 Å². The van der Waals surface area contributed by atoms with Gasteiger partial charge in [0.25, 0.3) is 0 Å². The Morgan fingerprint density at radius 1 is 1.26 bits per heavy atom. The van der Waals surface area contributed by atoms with Crippen LogP contribution >= 0.6 is 39.9 Å². The molecule has 130 valence electrons. The van der Waals surface area contributed by atoms with E-state index < -0.39 is 0 Å². The summed E-state index contributed by atoms with van der Waals surface area (Å²) in [6.07, 6.45) is 2.60. The quantitative estimate of drug-likeness (QED) is 0.360. The topological polar surface area (TPSA) is 39.7 Å². The maximum absolute atomic E-state index is 4.69. The van der Waals surface area contributed by atoms with Crippen LogP contribution in [0.5, 0.6) is 0 Å². The number of hydrogen-bond acceptors (Lipinski definition) is 2. The van der Waals surface area contributed by atoms with Gasteiger partial charge in [-0.1, -0.05) is 35.0 Å². The van der Waals surface area contributed by atoms with Crippen LogP contribution < -0.4 is 10.6 Å². The summed E-state index contributed by atoms with van der Waals surface area (Å²) in [7, 11) is 0. The Hall–Kier alpha value is -0.340. The van der Waals surface area contributed by atoms with E-state index in [-0.39, 0.29) is 24.0 Å². The molecule has 23 heavy (non-hydrogen) atoms. The first-order valence-corrected chi connectivity index (χ1v) is 9.03.